The Morgan fingerprint density at radius 2 is 2.00 bits per heavy atom. The van der Waals surface area contributed by atoms with Gasteiger partial charge in [-0.3, -0.25) is 0 Å². The topological polar surface area (TPSA) is 66.5 Å². The lowest BCUT2D eigenvalue weighted by molar-refractivity contribution is 0.448. The second kappa shape index (κ2) is 3.17. The lowest BCUT2D eigenvalue weighted by Crippen LogP contribution is -1.89. The summed E-state index contributed by atoms with van der Waals surface area (Å²) in [6.07, 6.45) is 2.20. The number of hydrogen-bond acceptors (Lipinski definition) is 3. The van der Waals surface area contributed by atoms with Gasteiger partial charge < -0.3 is 15.9 Å². The molecule has 3 nitrogen and oxygen atoms in total. The number of phenols is 2. The van der Waals surface area contributed by atoms with E-state index in [0.29, 0.717) is 12.0 Å². The third-order valence-corrected chi connectivity index (χ3v) is 1.59. The molecule has 0 radical (unpaired) electrons. The molecule has 0 heterocycles. The van der Waals surface area contributed by atoms with E-state index in [1.54, 1.807) is 6.08 Å². The average molecular weight is 165 g/mol. The highest BCUT2D eigenvalue weighted by Crippen LogP contribution is 2.29. The van der Waals surface area contributed by atoms with Crippen LogP contribution in [0.2, 0.25) is 0 Å². The van der Waals surface area contributed by atoms with E-state index in [9.17, 15) is 5.11 Å². The number of nitrogen functional groups attached to an aromatic ring is 1. The Morgan fingerprint density at radius 3 is 2.58 bits per heavy atom. The summed E-state index contributed by atoms with van der Waals surface area (Å²) in [7, 11) is 0. The molecule has 0 aliphatic carbocycles. The minimum absolute atomic E-state index is 0.0431. The van der Waals surface area contributed by atoms with Crippen LogP contribution in [0, 0.1) is 0 Å². The fourth-order valence-electron chi connectivity index (χ4n) is 0.960. The van der Waals surface area contributed by atoms with Gasteiger partial charge in [0, 0.05) is 6.07 Å². The first-order valence-electron chi connectivity index (χ1n) is 3.56. The van der Waals surface area contributed by atoms with Crippen LogP contribution >= 0.6 is 0 Å². The Balaban J connectivity index is 3.13. The maximum Gasteiger partial charge on any atom is 0.142 e. The zero-order valence-corrected chi connectivity index (χ0v) is 6.62. The van der Waals surface area contributed by atoms with Crippen LogP contribution in [-0.2, 0) is 6.42 Å². The number of nitrogens with two attached hydrogens (primary N) is 1. The lowest BCUT2D eigenvalue weighted by Gasteiger charge is -2.04. The van der Waals surface area contributed by atoms with Crippen LogP contribution in [0.4, 0.5) is 5.69 Å². The third-order valence-electron chi connectivity index (χ3n) is 1.59. The summed E-state index contributed by atoms with van der Waals surface area (Å²) >= 11 is 0. The Bertz CT molecular complexity index is 308. The molecule has 0 amide bonds. The molecule has 0 fully saturated rings. The van der Waals surface area contributed by atoms with Gasteiger partial charge in [0.1, 0.15) is 11.5 Å². The standard InChI is InChI=1S/C9H11NO2/c1-2-3-6-4-7(10)9(12)5-8(6)11/h2,4-5,11-12H,1,3,10H2. The maximum absolute atomic E-state index is 9.28. The van der Waals surface area contributed by atoms with E-state index < -0.39 is 0 Å². The smallest absolute Gasteiger partial charge is 0.142 e. The molecule has 0 saturated carbocycles. The van der Waals surface area contributed by atoms with Gasteiger partial charge in [0.15, 0.2) is 0 Å². The van der Waals surface area contributed by atoms with E-state index in [-0.39, 0.29) is 17.2 Å². The predicted octanol–water partition coefficient (Wildman–Crippen LogP) is 1.41. The molecular formula is C9H11NO2. The van der Waals surface area contributed by atoms with Gasteiger partial charge in [0.25, 0.3) is 0 Å². The van der Waals surface area contributed by atoms with Crippen molar-refractivity contribution in [1.29, 1.82) is 0 Å². The van der Waals surface area contributed by atoms with E-state index >= 15 is 0 Å². The van der Waals surface area contributed by atoms with Gasteiger partial charge in [-0.1, -0.05) is 6.08 Å². The summed E-state index contributed by atoms with van der Waals surface area (Å²) in [5.74, 6) is -0.0538. The Labute approximate surface area is 70.8 Å². The highest BCUT2D eigenvalue weighted by Gasteiger charge is 2.04. The monoisotopic (exact) mass is 165 g/mol. The SMILES string of the molecule is C=CCc1cc(N)c(O)cc1O. The number of aromatic hydroxyl groups is 2. The van der Waals surface area contributed by atoms with Crippen molar-refractivity contribution in [3.8, 4) is 11.5 Å². The molecule has 0 unspecified atom stereocenters. The summed E-state index contributed by atoms with van der Waals surface area (Å²) in [5.41, 5.74) is 6.36. The molecule has 1 aromatic carbocycles. The first kappa shape index (κ1) is 8.46. The Hall–Kier alpha value is -1.64. The van der Waals surface area contributed by atoms with Crippen molar-refractivity contribution in [2.75, 3.05) is 5.73 Å². The zero-order chi connectivity index (χ0) is 9.14. The average Bonchev–Trinajstić information content (AvgIpc) is 2.01. The summed E-state index contributed by atoms with van der Waals surface area (Å²) in [6, 6.07) is 2.76. The second-order valence-electron chi connectivity index (χ2n) is 2.53. The lowest BCUT2D eigenvalue weighted by atomic mass is 10.1. The molecule has 3 heteroatoms. The first-order valence-corrected chi connectivity index (χ1v) is 3.56. The Morgan fingerprint density at radius 1 is 1.33 bits per heavy atom. The van der Waals surface area contributed by atoms with Crippen molar-refractivity contribution in [2.45, 2.75) is 6.42 Å². The van der Waals surface area contributed by atoms with Crippen LogP contribution in [0.25, 0.3) is 0 Å². The number of rotatable bonds is 2. The Kier molecular flexibility index (Phi) is 2.24. The molecule has 0 atom stereocenters. The fraction of sp³-hybridized carbons (Fsp3) is 0.111. The van der Waals surface area contributed by atoms with Crippen molar-refractivity contribution >= 4 is 5.69 Å². The van der Waals surface area contributed by atoms with E-state index in [1.165, 1.54) is 12.1 Å². The van der Waals surface area contributed by atoms with Gasteiger partial charge in [-0.15, -0.1) is 6.58 Å². The molecule has 1 rings (SSSR count). The molecular weight excluding hydrogens is 154 g/mol. The van der Waals surface area contributed by atoms with Crippen LogP contribution in [0.5, 0.6) is 11.5 Å². The molecule has 0 aliphatic heterocycles. The van der Waals surface area contributed by atoms with Crippen molar-refractivity contribution in [3.63, 3.8) is 0 Å². The highest BCUT2D eigenvalue weighted by atomic mass is 16.3. The number of allylic oxidation sites excluding steroid dienone is 1. The van der Waals surface area contributed by atoms with E-state index in [2.05, 4.69) is 6.58 Å². The van der Waals surface area contributed by atoms with Gasteiger partial charge in [-0.2, -0.15) is 0 Å². The number of anilines is 1. The van der Waals surface area contributed by atoms with Crippen molar-refractivity contribution in [1.82, 2.24) is 0 Å². The predicted molar refractivity (Wildman–Crippen MR) is 48.1 cm³/mol. The maximum atomic E-state index is 9.28. The van der Waals surface area contributed by atoms with Gasteiger partial charge in [-0.25, -0.2) is 0 Å². The molecule has 0 bridgehead atoms. The quantitative estimate of drug-likeness (QED) is 0.268. The van der Waals surface area contributed by atoms with Gasteiger partial charge in [0.05, 0.1) is 5.69 Å². The van der Waals surface area contributed by atoms with E-state index in [4.69, 9.17) is 10.8 Å². The number of hydrogen-bond donors (Lipinski definition) is 3. The van der Waals surface area contributed by atoms with E-state index in [0.717, 1.165) is 0 Å². The highest BCUT2D eigenvalue weighted by molar-refractivity contribution is 5.58. The third kappa shape index (κ3) is 1.50. The molecule has 64 valence electrons. The van der Waals surface area contributed by atoms with Crippen molar-refractivity contribution < 1.29 is 10.2 Å². The summed E-state index contributed by atoms with van der Waals surface area (Å²) in [6.45, 7) is 3.53. The second-order valence-corrected chi connectivity index (χ2v) is 2.53. The van der Waals surface area contributed by atoms with E-state index in [1.807, 2.05) is 0 Å². The molecule has 4 N–H and O–H groups in total. The van der Waals surface area contributed by atoms with Gasteiger partial charge >= 0.3 is 0 Å². The first-order chi connectivity index (χ1) is 5.65. The molecule has 1 aromatic rings. The van der Waals surface area contributed by atoms with Crippen LogP contribution in [0.15, 0.2) is 24.8 Å². The largest absolute Gasteiger partial charge is 0.508 e. The zero-order valence-electron chi connectivity index (χ0n) is 6.62. The molecule has 0 aliphatic rings. The molecule has 0 saturated heterocycles. The summed E-state index contributed by atoms with van der Waals surface area (Å²) < 4.78 is 0. The molecule has 0 aromatic heterocycles. The van der Waals surface area contributed by atoms with Crippen LogP contribution in [0.3, 0.4) is 0 Å². The van der Waals surface area contributed by atoms with Crippen molar-refractivity contribution in [3.05, 3.63) is 30.4 Å². The molecule has 0 spiro atoms. The summed E-state index contributed by atoms with van der Waals surface area (Å²) in [5, 5.41) is 18.4. The normalized spacial score (nSPS) is 9.67. The van der Waals surface area contributed by atoms with Gasteiger partial charge in [-0.05, 0) is 18.1 Å². The summed E-state index contributed by atoms with van der Waals surface area (Å²) in [4.78, 5) is 0. The van der Waals surface area contributed by atoms with Crippen LogP contribution in [0.1, 0.15) is 5.56 Å². The van der Waals surface area contributed by atoms with Crippen molar-refractivity contribution in [2.24, 2.45) is 0 Å². The minimum Gasteiger partial charge on any atom is -0.508 e. The number of phenolic OH excluding ortho intramolecular Hbond substituents is 2. The molecule has 12 heavy (non-hydrogen) atoms. The fourth-order valence-corrected chi connectivity index (χ4v) is 0.960. The van der Waals surface area contributed by atoms with Crippen LogP contribution in [-0.4, -0.2) is 10.2 Å². The van der Waals surface area contributed by atoms with Crippen LogP contribution < -0.4 is 5.73 Å². The van der Waals surface area contributed by atoms with Gasteiger partial charge in [0.2, 0.25) is 0 Å². The minimum atomic E-state index is -0.0969. The number of benzene rings is 1.